The summed E-state index contributed by atoms with van der Waals surface area (Å²) in [5, 5.41) is 9.41. The fraction of sp³-hybridized carbons (Fsp3) is 0.308. The largest absolute Gasteiger partial charge is 0.480 e. The molecule has 0 saturated carbocycles. The van der Waals surface area contributed by atoms with Gasteiger partial charge in [-0.1, -0.05) is 36.4 Å². The van der Waals surface area contributed by atoms with Crippen molar-refractivity contribution >= 4 is 5.97 Å². The van der Waals surface area contributed by atoms with Crippen molar-refractivity contribution < 1.29 is 9.90 Å². The lowest BCUT2D eigenvalue weighted by Gasteiger charge is -2.34. The highest BCUT2D eigenvalue weighted by atomic mass is 16.4. The molecule has 0 aromatic heterocycles. The second-order valence-corrected chi connectivity index (χ2v) is 3.91. The number of carbonyl (C=O) groups is 1. The van der Waals surface area contributed by atoms with E-state index in [1.807, 2.05) is 30.3 Å². The van der Waals surface area contributed by atoms with Crippen LogP contribution in [-0.4, -0.2) is 29.6 Å². The molecule has 1 N–H and O–H groups in total. The van der Waals surface area contributed by atoms with Crippen LogP contribution in [0.3, 0.4) is 0 Å². The number of hydrogen-bond donors (Lipinski definition) is 1. The Bertz CT molecular complexity index is 375. The lowest BCUT2D eigenvalue weighted by Crippen LogP contribution is -2.47. The van der Waals surface area contributed by atoms with E-state index in [2.05, 4.69) is 6.58 Å². The van der Waals surface area contributed by atoms with Crippen molar-refractivity contribution in [2.24, 2.45) is 0 Å². The van der Waals surface area contributed by atoms with E-state index in [1.165, 1.54) is 0 Å². The molecule has 0 fully saturated rings. The molecule has 0 bridgehead atoms. The zero-order valence-electron chi connectivity index (χ0n) is 9.68. The highest BCUT2D eigenvalue weighted by Crippen LogP contribution is 2.27. The van der Waals surface area contributed by atoms with Crippen molar-refractivity contribution in [1.82, 2.24) is 4.90 Å². The Labute approximate surface area is 96.0 Å². The van der Waals surface area contributed by atoms with Gasteiger partial charge in [-0.2, -0.15) is 0 Å². The molecular formula is C13H17NO2. The van der Waals surface area contributed by atoms with Crippen LogP contribution >= 0.6 is 0 Å². The SMILES string of the molecule is C=CCN(C)C(C)(C(=O)O)c1ccccc1. The number of nitrogens with zero attached hydrogens (tertiary/aromatic N) is 1. The van der Waals surface area contributed by atoms with Gasteiger partial charge in [-0.05, 0) is 19.5 Å². The normalized spacial score (nSPS) is 14.4. The van der Waals surface area contributed by atoms with E-state index in [0.717, 1.165) is 5.56 Å². The van der Waals surface area contributed by atoms with Gasteiger partial charge < -0.3 is 5.11 Å². The lowest BCUT2D eigenvalue weighted by molar-refractivity contribution is -0.150. The first kappa shape index (κ1) is 12.5. The predicted octanol–water partition coefficient (Wildman–Crippen LogP) is 2.10. The van der Waals surface area contributed by atoms with E-state index < -0.39 is 11.5 Å². The minimum absolute atomic E-state index is 0.525. The molecule has 3 heteroatoms. The van der Waals surface area contributed by atoms with Gasteiger partial charge >= 0.3 is 5.97 Å². The van der Waals surface area contributed by atoms with Gasteiger partial charge in [0.25, 0.3) is 0 Å². The zero-order valence-corrected chi connectivity index (χ0v) is 9.68. The topological polar surface area (TPSA) is 40.5 Å². The fourth-order valence-electron chi connectivity index (χ4n) is 1.65. The number of carboxylic acid groups (broad SMARTS) is 1. The summed E-state index contributed by atoms with van der Waals surface area (Å²) in [5.74, 6) is -0.858. The number of rotatable bonds is 5. The second-order valence-electron chi connectivity index (χ2n) is 3.91. The average molecular weight is 219 g/mol. The standard InChI is InChI=1S/C13H17NO2/c1-4-10-14(3)13(2,12(15)16)11-8-6-5-7-9-11/h4-9H,1,10H2,2-3H3,(H,15,16). The number of aliphatic carboxylic acids is 1. The molecule has 1 aromatic carbocycles. The molecule has 0 heterocycles. The lowest BCUT2D eigenvalue weighted by atomic mass is 9.90. The van der Waals surface area contributed by atoms with Gasteiger partial charge in [-0.15, -0.1) is 6.58 Å². The molecule has 86 valence electrons. The van der Waals surface area contributed by atoms with Gasteiger partial charge in [0.2, 0.25) is 0 Å². The van der Waals surface area contributed by atoms with Crippen LogP contribution in [0, 0.1) is 0 Å². The Morgan fingerprint density at radius 3 is 2.50 bits per heavy atom. The molecule has 0 saturated heterocycles. The summed E-state index contributed by atoms with van der Waals surface area (Å²) in [7, 11) is 1.78. The molecule has 3 nitrogen and oxygen atoms in total. The van der Waals surface area contributed by atoms with Gasteiger partial charge in [-0.3, -0.25) is 4.90 Å². The number of hydrogen-bond acceptors (Lipinski definition) is 2. The van der Waals surface area contributed by atoms with Crippen molar-refractivity contribution in [2.75, 3.05) is 13.6 Å². The first-order chi connectivity index (χ1) is 7.53. The molecule has 1 atom stereocenters. The zero-order chi connectivity index (χ0) is 12.2. The van der Waals surface area contributed by atoms with Crippen LogP contribution in [0.15, 0.2) is 43.0 Å². The first-order valence-corrected chi connectivity index (χ1v) is 5.14. The van der Waals surface area contributed by atoms with Gasteiger partial charge in [-0.25, -0.2) is 4.79 Å². The molecule has 1 aromatic rings. The van der Waals surface area contributed by atoms with Crippen molar-refractivity contribution in [3.8, 4) is 0 Å². The molecule has 0 aliphatic carbocycles. The highest BCUT2D eigenvalue weighted by Gasteiger charge is 2.38. The van der Waals surface area contributed by atoms with E-state index >= 15 is 0 Å². The van der Waals surface area contributed by atoms with E-state index in [4.69, 9.17) is 0 Å². The smallest absolute Gasteiger partial charge is 0.328 e. The summed E-state index contributed by atoms with van der Waals surface area (Å²) in [6.07, 6.45) is 1.70. The third-order valence-corrected chi connectivity index (χ3v) is 2.92. The van der Waals surface area contributed by atoms with Crippen molar-refractivity contribution in [1.29, 1.82) is 0 Å². The van der Waals surface area contributed by atoms with E-state index in [9.17, 15) is 9.90 Å². The average Bonchev–Trinajstić information content (AvgIpc) is 2.29. The number of carboxylic acids is 1. The number of likely N-dealkylation sites (N-methyl/N-ethyl adjacent to an activating group) is 1. The molecule has 0 radical (unpaired) electrons. The summed E-state index contributed by atoms with van der Waals surface area (Å²) in [6.45, 7) is 5.86. The van der Waals surface area contributed by atoms with Gasteiger partial charge in [0.05, 0.1) is 0 Å². The quantitative estimate of drug-likeness (QED) is 0.771. The van der Waals surface area contributed by atoms with Crippen LogP contribution in [-0.2, 0) is 10.3 Å². The monoisotopic (exact) mass is 219 g/mol. The molecule has 0 amide bonds. The van der Waals surface area contributed by atoms with Crippen LogP contribution in [0.2, 0.25) is 0 Å². The summed E-state index contributed by atoms with van der Waals surface area (Å²) in [5.41, 5.74) is -0.248. The summed E-state index contributed by atoms with van der Waals surface area (Å²) in [4.78, 5) is 13.2. The molecule has 0 aliphatic rings. The third kappa shape index (κ3) is 2.14. The summed E-state index contributed by atoms with van der Waals surface area (Å²) < 4.78 is 0. The van der Waals surface area contributed by atoms with Gasteiger partial charge in [0, 0.05) is 6.54 Å². The molecule has 0 spiro atoms. The molecule has 16 heavy (non-hydrogen) atoms. The van der Waals surface area contributed by atoms with Gasteiger partial charge in [0.1, 0.15) is 5.54 Å². The molecule has 1 rings (SSSR count). The van der Waals surface area contributed by atoms with E-state index in [0.29, 0.717) is 6.54 Å². The van der Waals surface area contributed by atoms with Crippen LogP contribution in [0.1, 0.15) is 12.5 Å². The summed E-state index contributed by atoms with van der Waals surface area (Å²) in [6, 6.07) is 9.22. The fourth-order valence-corrected chi connectivity index (χ4v) is 1.65. The van der Waals surface area contributed by atoms with E-state index in [-0.39, 0.29) is 0 Å². The van der Waals surface area contributed by atoms with Crippen molar-refractivity contribution in [2.45, 2.75) is 12.5 Å². The molecular weight excluding hydrogens is 202 g/mol. The summed E-state index contributed by atoms with van der Waals surface area (Å²) >= 11 is 0. The first-order valence-electron chi connectivity index (χ1n) is 5.14. The second kappa shape index (κ2) is 4.94. The third-order valence-electron chi connectivity index (χ3n) is 2.92. The van der Waals surface area contributed by atoms with Crippen LogP contribution < -0.4 is 0 Å². The molecule has 0 aliphatic heterocycles. The van der Waals surface area contributed by atoms with Crippen molar-refractivity contribution in [3.63, 3.8) is 0 Å². The van der Waals surface area contributed by atoms with E-state index in [1.54, 1.807) is 24.9 Å². The van der Waals surface area contributed by atoms with Crippen LogP contribution in [0.4, 0.5) is 0 Å². The minimum atomic E-state index is -1.02. The Balaban J connectivity index is 3.16. The highest BCUT2D eigenvalue weighted by molar-refractivity contribution is 5.80. The van der Waals surface area contributed by atoms with Gasteiger partial charge in [0.15, 0.2) is 0 Å². The minimum Gasteiger partial charge on any atom is -0.480 e. The predicted molar refractivity (Wildman–Crippen MR) is 64.3 cm³/mol. The van der Waals surface area contributed by atoms with Crippen LogP contribution in [0.5, 0.6) is 0 Å². The maximum absolute atomic E-state index is 11.5. The maximum atomic E-state index is 11.5. The van der Waals surface area contributed by atoms with Crippen LogP contribution in [0.25, 0.3) is 0 Å². The Kier molecular flexibility index (Phi) is 3.85. The maximum Gasteiger partial charge on any atom is 0.328 e. The molecule has 1 unspecified atom stereocenters. The Hall–Kier alpha value is -1.61. The number of benzene rings is 1. The Morgan fingerprint density at radius 1 is 1.50 bits per heavy atom. The Morgan fingerprint density at radius 2 is 2.06 bits per heavy atom. The van der Waals surface area contributed by atoms with Crippen molar-refractivity contribution in [3.05, 3.63) is 48.6 Å².